The van der Waals surface area contributed by atoms with Gasteiger partial charge in [0.25, 0.3) is 0 Å². The van der Waals surface area contributed by atoms with E-state index in [1.165, 1.54) is 5.56 Å². The molecule has 0 aliphatic rings. The third-order valence-electron chi connectivity index (χ3n) is 2.93. The van der Waals surface area contributed by atoms with Crippen molar-refractivity contribution in [2.24, 2.45) is 0 Å². The van der Waals surface area contributed by atoms with Gasteiger partial charge in [-0.3, -0.25) is 4.57 Å². The second-order valence-corrected chi connectivity index (χ2v) is 4.35. The third kappa shape index (κ3) is 1.83. The van der Waals surface area contributed by atoms with E-state index in [0.29, 0.717) is 22.7 Å². The molecule has 0 amide bonds. The molecule has 0 N–H and O–H groups in total. The molecule has 2 aromatic heterocycles. The van der Waals surface area contributed by atoms with Gasteiger partial charge in [-0.2, -0.15) is 5.26 Å². The lowest BCUT2D eigenvalue weighted by molar-refractivity contribution is 1.02. The van der Waals surface area contributed by atoms with Gasteiger partial charge in [0.2, 0.25) is 0 Å². The van der Waals surface area contributed by atoms with Crippen molar-refractivity contribution in [3.8, 4) is 11.8 Å². The summed E-state index contributed by atoms with van der Waals surface area (Å²) in [5.41, 5.74) is 3.67. The predicted molar refractivity (Wildman–Crippen MR) is 70.8 cm³/mol. The van der Waals surface area contributed by atoms with Crippen molar-refractivity contribution in [3.05, 3.63) is 47.7 Å². The highest BCUT2D eigenvalue weighted by Gasteiger charge is 2.12. The molecule has 0 spiro atoms. The fourth-order valence-electron chi connectivity index (χ4n) is 1.98. The summed E-state index contributed by atoms with van der Waals surface area (Å²) in [7, 11) is 0. The van der Waals surface area contributed by atoms with Gasteiger partial charge in [-0.1, -0.05) is 17.7 Å². The fourth-order valence-corrected chi connectivity index (χ4v) is 1.98. The number of fused-ring (bicyclic) bond motifs is 1. The normalized spacial score (nSPS) is 10.6. The van der Waals surface area contributed by atoms with Crippen LogP contribution in [0.3, 0.4) is 0 Å². The quantitative estimate of drug-likeness (QED) is 0.663. The van der Waals surface area contributed by atoms with Gasteiger partial charge < -0.3 is 0 Å². The number of rotatable bonds is 1. The van der Waals surface area contributed by atoms with Gasteiger partial charge in [-0.15, -0.1) is 0 Å². The van der Waals surface area contributed by atoms with Crippen LogP contribution in [0.25, 0.3) is 16.9 Å². The topological polar surface area (TPSA) is 67.4 Å². The lowest BCUT2D eigenvalue weighted by atomic mass is 10.2. The first-order chi connectivity index (χ1) is 9.19. The summed E-state index contributed by atoms with van der Waals surface area (Å²) in [6.45, 7) is 3.81. The highest BCUT2D eigenvalue weighted by molar-refractivity contribution is 5.77. The molecule has 0 fully saturated rings. The zero-order chi connectivity index (χ0) is 13.4. The Hall–Kier alpha value is -2.74. The highest BCUT2D eigenvalue weighted by atomic mass is 15.1. The van der Waals surface area contributed by atoms with Crippen molar-refractivity contribution >= 4 is 11.2 Å². The minimum absolute atomic E-state index is 0.313. The van der Waals surface area contributed by atoms with Crippen molar-refractivity contribution in [2.75, 3.05) is 0 Å². The standard InChI is InChI=1S/C14H11N5/c1-9-3-5-11(6-4-9)19-8-16-13-12(7-15)17-10(2)18-14(13)19/h3-6,8H,1-2H3. The molecular weight excluding hydrogens is 238 g/mol. The summed E-state index contributed by atoms with van der Waals surface area (Å²) in [4.78, 5) is 12.7. The van der Waals surface area contributed by atoms with Crippen molar-refractivity contribution < 1.29 is 0 Å². The molecule has 0 aliphatic carbocycles. The van der Waals surface area contributed by atoms with Gasteiger partial charge in [0.1, 0.15) is 23.7 Å². The average Bonchev–Trinajstić information content (AvgIpc) is 2.82. The number of nitriles is 1. The number of imidazole rings is 1. The molecule has 0 unspecified atom stereocenters. The molecule has 0 bridgehead atoms. The monoisotopic (exact) mass is 249 g/mol. The maximum absolute atomic E-state index is 9.09. The smallest absolute Gasteiger partial charge is 0.172 e. The van der Waals surface area contributed by atoms with Gasteiger partial charge >= 0.3 is 0 Å². The van der Waals surface area contributed by atoms with Crippen LogP contribution in [0.1, 0.15) is 17.1 Å². The van der Waals surface area contributed by atoms with Crippen molar-refractivity contribution in [1.29, 1.82) is 5.26 Å². The van der Waals surface area contributed by atoms with Crippen LogP contribution in [0.5, 0.6) is 0 Å². The molecule has 19 heavy (non-hydrogen) atoms. The molecule has 1 aromatic carbocycles. The van der Waals surface area contributed by atoms with E-state index in [9.17, 15) is 0 Å². The molecule has 3 rings (SSSR count). The Morgan fingerprint density at radius 3 is 2.53 bits per heavy atom. The summed E-state index contributed by atoms with van der Waals surface area (Å²) in [5, 5.41) is 9.09. The number of hydrogen-bond donors (Lipinski definition) is 0. The molecule has 0 saturated heterocycles. The molecule has 92 valence electrons. The van der Waals surface area contributed by atoms with Gasteiger partial charge in [0.05, 0.1) is 0 Å². The first-order valence-corrected chi connectivity index (χ1v) is 5.88. The Bertz CT molecular complexity index is 793. The van der Waals surface area contributed by atoms with Gasteiger partial charge in [0, 0.05) is 5.69 Å². The Balaban J connectivity index is 2.29. The minimum Gasteiger partial charge on any atom is -0.283 e. The second-order valence-electron chi connectivity index (χ2n) is 4.35. The summed E-state index contributed by atoms with van der Waals surface area (Å²) < 4.78 is 1.87. The molecule has 0 radical (unpaired) electrons. The van der Waals surface area contributed by atoms with Crippen LogP contribution in [-0.2, 0) is 0 Å². The highest BCUT2D eigenvalue weighted by Crippen LogP contribution is 2.18. The van der Waals surface area contributed by atoms with E-state index in [0.717, 1.165) is 5.69 Å². The molecular formula is C14H11N5. The average molecular weight is 249 g/mol. The maximum atomic E-state index is 9.09. The molecule has 3 aromatic rings. The first kappa shape index (κ1) is 11.4. The molecule has 5 heteroatoms. The zero-order valence-corrected chi connectivity index (χ0v) is 10.6. The Labute approximate surface area is 110 Å². The van der Waals surface area contributed by atoms with Gasteiger partial charge in [-0.25, -0.2) is 15.0 Å². The molecule has 2 heterocycles. The second kappa shape index (κ2) is 4.18. The van der Waals surface area contributed by atoms with Crippen LogP contribution in [0, 0.1) is 25.2 Å². The largest absolute Gasteiger partial charge is 0.283 e. The zero-order valence-electron chi connectivity index (χ0n) is 10.6. The lowest BCUT2D eigenvalue weighted by Gasteiger charge is -2.04. The number of aromatic nitrogens is 4. The number of benzene rings is 1. The summed E-state index contributed by atoms with van der Waals surface area (Å²) in [5.74, 6) is 0.568. The van der Waals surface area contributed by atoms with E-state index in [2.05, 4.69) is 21.0 Å². The van der Waals surface area contributed by atoms with E-state index in [1.54, 1.807) is 13.3 Å². The van der Waals surface area contributed by atoms with Gasteiger partial charge in [0.15, 0.2) is 11.3 Å². The van der Waals surface area contributed by atoms with E-state index < -0.39 is 0 Å². The first-order valence-electron chi connectivity index (χ1n) is 5.88. The number of aryl methyl sites for hydroxylation is 2. The van der Waals surface area contributed by atoms with E-state index in [1.807, 2.05) is 35.8 Å². The number of hydrogen-bond acceptors (Lipinski definition) is 4. The van der Waals surface area contributed by atoms with Crippen LogP contribution in [-0.4, -0.2) is 19.5 Å². The summed E-state index contributed by atoms with van der Waals surface area (Å²) in [6, 6.07) is 10.1. The van der Waals surface area contributed by atoms with Crippen molar-refractivity contribution in [3.63, 3.8) is 0 Å². The molecule has 0 aliphatic heterocycles. The van der Waals surface area contributed by atoms with Crippen LogP contribution < -0.4 is 0 Å². The van der Waals surface area contributed by atoms with Crippen molar-refractivity contribution in [1.82, 2.24) is 19.5 Å². The van der Waals surface area contributed by atoms with Crippen molar-refractivity contribution in [2.45, 2.75) is 13.8 Å². The van der Waals surface area contributed by atoms with Gasteiger partial charge in [-0.05, 0) is 26.0 Å². The predicted octanol–water partition coefficient (Wildman–Crippen LogP) is 2.30. The fraction of sp³-hybridized carbons (Fsp3) is 0.143. The van der Waals surface area contributed by atoms with Crippen LogP contribution >= 0.6 is 0 Å². The summed E-state index contributed by atoms with van der Waals surface area (Å²) in [6.07, 6.45) is 1.67. The van der Waals surface area contributed by atoms with Crippen LogP contribution in [0.4, 0.5) is 0 Å². The van der Waals surface area contributed by atoms with Crippen LogP contribution in [0.15, 0.2) is 30.6 Å². The lowest BCUT2D eigenvalue weighted by Crippen LogP contribution is -1.98. The third-order valence-corrected chi connectivity index (χ3v) is 2.93. The minimum atomic E-state index is 0.313. The van der Waals surface area contributed by atoms with E-state index in [-0.39, 0.29) is 0 Å². The molecule has 5 nitrogen and oxygen atoms in total. The number of nitrogens with zero attached hydrogens (tertiary/aromatic N) is 5. The Morgan fingerprint density at radius 1 is 1.11 bits per heavy atom. The van der Waals surface area contributed by atoms with E-state index >= 15 is 0 Å². The Morgan fingerprint density at radius 2 is 1.84 bits per heavy atom. The maximum Gasteiger partial charge on any atom is 0.172 e. The van der Waals surface area contributed by atoms with Crippen LogP contribution in [0.2, 0.25) is 0 Å². The SMILES string of the molecule is Cc1ccc(-n2cnc3c(C#N)nc(C)nc32)cc1. The van der Waals surface area contributed by atoms with E-state index in [4.69, 9.17) is 5.26 Å². The Kier molecular flexibility index (Phi) is 2.50. The molecule has 0 saturated carbocycles. The summed E-state index contributed by atoms with van der Waals surface area (Å²) >= 11 is 0. The molecule has 0 atom stereocenters.